The van der Waals surface area contributed by atoms with Gasteiger partial charge in [-0.15, -0.1) is 0 Å². The molecule has 0 spiro atoms. The van der Waals surface area contributed by atoms with E-state index in [2.05, 4.69) is 31.8 Å². The maximum atomic E-state index is 12.8. The van der Waals surface area contributed by atoms with Crippen molar-refractivity contribution in [3.05, 3.63) is 34.3 Å². The van der Waals surface area contributed by atoms with Crippen LogP contribution in [0.25, 0.3) is 0 Å². The van der Waals surface area contributed by atoms with Gasteiger partial charge in [-0.1, -0.05) is 22.4 Å². The molecule has 3 aliphatic rings. The summed E-state index contributed by atoms with van der Waals surface area (Å²) in [6.45, 7) is 0. The molecule has 0 radical (unpaired) electrons. The minimum absolute atomic E-state index is 0.160. The van der Waals surface area contributed by atoms with E-state index in [9.17, 15) is 19.2 Å². The highest BCUT2D eigenvalue weighted by atomic mass is 79.9. The number of hydrazone groups is 1. The molecule has 1 heterocycles. The lowest BCUT2D eigenvalue weighted by molar-refractivity contribution is -0.141. The largest absolute Gasteiger partial charge is 0.331 e. The van der Waals surface area contributed by atoms with E-state index in [0.717, 1.165) is 36.4 Å². The molecule has 2 aliphatic carbocycles. The van der Waals surface area contributed by atoms with Crippen molar-refractivity contribution in [2.24, 2.45) is 22.9 Å². The topological polar surface area (TPSA) is 108 Å². The first-order valence-electron chi connectivity index (χ1n) is 9.21. The highest BCUT2D eigenvalue weighted by molar-refractivity contribution is 9.10. The third-order valence-electron chi connectivity index (χ3n) is 5.76. The molecule has 2 bridgehead atoms. The van der Waals surface area contributed by atoms with E-state index < -0.39 is 29.7 Å². The van der Waals surface area contributed by atoms with Gasteiger partial charge in [0, 0.05) is 22.3 Å². The molecule has 0 aromatic heterocycles. The second-order valence-corrected chi connectivity index (χ2v) is 8.36. The first-order chi connectivity index (χ1) is 13.4. The van der Waals surface area contributed by atoms with Gasteiger partial charge in [-0.2, -0.15) is 5.10 Å². The Hall–Kier alpha value is -2.55. The number of halogens is 1. The number of barbiturate groups is 1. The molecule has 1 saturated heterocycles. The van der Waals surface area contributed by atoms with Gasteiger partial charge in [-0.25, -0.2) is 10.2 Å². The molecule has 146 valence electrons. The summed E-state index contributed by atoms with van der Waals surface area (Å²) in [5, 5.41) is 6.01. The number of urea groups is 1. The van der Waals surface area contributed by atoms with Gasteiger partial charge in [-0.05, 0) is 55.4 Å². The molecule has 5 amide bonds. The van der Waals surface area contributed by atoms with Crippen molar-refractivity contribution >= 4 is 45.9 Å². The predicted octanol–water partition coefficient (Wildman–Crippen LogP) is 2.05. The molecule has 1 aliphatic heterocycles. The maximum absolute atomic E-state index is 12.8. The van der Waals surface area contributed by atoms with Gasteiger partial charge in [0.25, 0.3) is 5.91 Å². The summed E-state index contributed by atoms with van der Waals surface area (Å²) in [4.78, 5) is 50.5. The molecular weight excluding hydrogens is 428 g/mol. The molecule has 4 rings (SSSR count). The zero-order valence-electron chi connectivity index (χ0n) is 14.9. The van der Waals surface area contributed by atoms with E-state index in [4.69, 9.17) is 0 Å². The minimum atomic E-state index is -1.23. The first kappa shape index (κ1) is 18.8. The lowest BCUT2D eigenvalue weighted by atomic mass is 9.92. The number of hydrogen-bond acceptors (Lipinski definition) is 5. The van der Waals surface area contributed by atoms with Crippen LogP contribution in [0, 0.1) is 17.8 Å². The zero-order valence-corrected chi connectivity index (χ0v) is 16.5. The number of rotatable bonds is 4. The Bertz CT molecular complexity index is 869. The van der Waals surface area contributed by atoms with Crippen LogP contribution in [-0.2, 0) is 9.59 Å². The van der Waals surface area contributed by atoms with Crippen LogP contribution in [0.15, 0.2) is 33.8 Å². The van der Waals surface area contributed by atoms with E-state index in [-0.39, 0.29) is 6.04 Å². The number of carbonyl (C=O) groups is 4. The average molecular weight is 447 g/mol. The third-order valence-corrected chi connectivity index (χ3v) is 6.29. The Morgan fingerprint density at radius 1 is 1.18 bits per heavy atom. The number of amides is 5. The lowest BCUT2D eigenvalue weighted by Crippen LogP contribution is -2.62. The van der Waals surface area contributed by atoms with E-state index in [1.807, 2.05) is 0 Å². The molecule has 4 atom stereocenters. The number of hydrogen-bond donors (Lipinski definition) is 2. The quantitative estimate of drug-likeness (QED) is 0.419. The molecule has 9 heteroatoms. The second-order valence-electron chi connectivity index (χ2n) is 7.45. The van der Waals surface area contributed by atoms with Crippen molar-refractivity contribution < 1.29 is 19.2 Å². The van der Waals surface area contributed by atoms with Crippen LogP contribution < -0.4 is 10.7 Å². The third kappa shape index (κ3) is 3.46. The van der Waals surface area contributed by atoms with Crippen molar-refractivity contribution in [3.8, 4) is 0 Å². The number of benzene rings is 1. The van der Waals surface area contributed by atoms with Crippen molar-refractivity contribution in [1.82, 2.24) is 15.6 Å². The summed E-state index contributed by atoms with van der Waals surface area (Å²) >= 11 is 3.29. The van der Waals surface area contributed by atoms with Gasteiger partial charge in [0.15, 0.2) is 5.92 Å². The fraction of sp³-hybridized carbons (Fsp3) is 0.421. The molecule has 3 fully saturated rings. The van der Waals surface area contributed by atoms with Crippen molar-refractivity contribution in [2.75, 3.05) is 0 Å². The Labute approximate surface area is 169 Å². The molecule has 2 saturated carbocycles. The van der Waals surface area contributed by atoms with Crippen LogP contribution in [-0.4, -0.2) is 40.9 Å². The Morgan fingerprint density at radius 2 is 1.93 bits per heavy atom. The van der Waals surface area contributed by atoms with Crippen molar-refractivity contribution in [2.45, 2.75) is 31.7 Å². The molecule has 2 N–H and O–H groups in total. The second kappa shape index (κ2) is 7.46. The van der Waals surface area contributed by atoms with Crippen LogP contribution in [0.5, 0.6) is 0 Å². The normalized spacial score (nSPS) is 29.5. The number of imide groups is 2. The summed E-state index contributed by atoms with van der Waals surface area (Å²) in [6, 6.07) is 5.85. The maximum Gasteiger partial charge on any atom is 0.331 e. The van der Waals surface area contributed by atoms with E-state index in [0.29, 0.717) is 17.4 Å². The summed E-state index contributed by atoms with van der Waals surface area (Å²) in [5.74, 6) is -2.15. The predicted molar refractivity (Wildman–Crippen MR) is 103 cm³/mol. The molecule has 28 heavy (non-hydrogen) atoms. The van der Waals surface area contributed by atoms with Crippen LogP contribution in [0.2, 0.25) is 0 Å². The van der Waals surface area contributed by atoms with Crippen LogP contribution >= 0.6 is 15.9 Å². The Kier molecular flexibility index (Phi) is 5.01. The van der Waals surface area contributed by atoms with Gasteiger partial charge in [-0.3, -0.25) is 24.6 Å². The average Bonchev–Trinajstić information content (AvgIpc) is 3.28. The number of carbonyl (C=O) groups excluding carboxylic acids is 4. The molecular formula is C19H19BrN4O4. The van der Waals surface area contributed by atoms with E-state index >= 15 is 0 Å². The molecule has 0 unspecified atom stereocenters. The Morgan fingerprint density at radius 3 is 2.57 bits per heavy atom. The molecule has 1 aromatic rings. The van der Waals surface area contributed by atoms with Gasteiger partial charge < -0.3 is 0 Å². The minimum Gasteiger partial charge on any atom is -0.277 e. The smallest absolute Gasteiger partial charge is 0.277 e. The number of fused-ring (bicyclic) bond motifs is 2. The van der Waals surface area contributed by atoms with Crippen LogP contribution in [0.3, 0.4) is 0 Å². The Balaban J connectivity index is 1.44. The summed E-state index contributed by atoms with van der Waals surface area (Å²) < 4.78 is 0.836. The summed E-state index contributed by atoms with van der Waals surface area (Å²) in [7, 11) is 0. The van der Waals surface area contributed by atoms with Crippen molar-refractivity contribution in [1.29, 1.82) is 0 Å². The molecule has 8 nitrogen and oxygen atoms in total. The fourth-order valence-electron chi connectivity index (χ4n) is 4.41. The van der Waals surface area contributed by atoms with Crippen molar-refractivity contribution in [3.63, 3.8) is 0 Å². The lowest BCUT2D eigenvalue weighted by Gasteiger charge is -2.36. The standard InChI is InChI=1S/C19H19BrN4O4/c20-13-5-3-11(4-6-13)16(25)23-21-9-14-17(26)22-19(28)24(18(14)27)15-8-10-1-2-12(15)7-10/h3-6,9-10,12,14-15H,1-2,7-8H2,(H,23,25)(H,22,26,28)/b21-9-/t10-,12-,14-,15+/m0/s1. The summed E-state index contributed by atoms with van der Waals surface area (Å²) in [5.41, 5.74) is 2.70. The van der Waals surface area contributed by atoms with Gasteiger partial charge in [0.2, 0.25) is 11.8 Å². The highest BCUT2D eigenvalue weighted by Gasteiger charge is 2.50. The zero-order chi connectivity index (χ0) is 19.8. The van der Waals surface area contributed by atoms with Gasteiger partial charge >= 0.3 is 6.03 Å². The van der Waals surface area contributed by atoms with Gasteiger partial charge in [0.1, 0.15) is 0 Å². The van der Waals surface area contributed by atoms with Gasteiger partial charge in [0.05, 0.1) is 0 Å². The van der Waals surface area contributed by atoms with E-state index in [1.54, 1.807) is 24.3 Å². The highest BCUT2D eigenvalue weighted by Crippen LogP contribution is 2.47. The SMILES string of the molecule is O=C(N/N=C\[C@H]1C(=O)NC(=O)N([C@@H]2C[C@H]3CC[C@H]2C3)C1=O)c1ccc(Br)cc1. The monoisotopic (exact) mass is 446 g/mol. The van der Waals surface area contributed by atoms with Crippen LogP contribution in [0.4, 0.5) is 4.79 Å². The van der Waals surface area contributed by atoms with Crippen LogP contribution in [0.1, 0.15) is 36.0 Å². The number of nitrogens with zero attached hydrogens (tertiary/aromatic N) is 2. The summed E-state index contributed by atoms with van der Waals surface area (Å²) in [6.07, 6.45) is 5.04. The fourth-order valence-corrected chi connectivity index (χ4v) is 4.68. The number of nitrogens with one attached hydrogen (secondary N) is 2. The van der Waals surface area contributed by atoms with E-state index in [1.165, 1.54) is 4.90 Å². The first-order valence-corrected chi connectivity index (χ1v) is 10.0. The molecule has 1 aromatic carbocycles.